The number of furan rings is 1. The second-order valence-corrected chi connectivity index (χ2v) is 8.39. The summed E-state index contributed by atoms with van der Waals surface area (Å²) in [6.07, 6.45) is 1.39. The third-order valence-electron chi connectivity index (χ3n) is 5.77. The molecule has 7 nitrogen and oxygen atoms in total. The predicted octanol–water partition coefficient (Wildman–Crippen LogP) is 6.06. The molecule has 0 bridgehead atoms. The number of para-hydroxylation sites is 1. The van der Waals surface area contributed by atoms with Gasteiger partial charge in [-0.2, -0.15) is 5.26 Å². The van der Waals surface area contributed by atoms with Gasteiger partial charge in [-0.25, -0.2) is 9.97 Å². The van der Waals surface area contributed by atoms with Gasteiger partial charge in [0.2, 0.25) is 11.8 Å². The molecule has 0 radical (unpaired) electrons. The van der Waals surface area contributed by atoms with Crippen LogP contribution in [0.25, 0.3) is 33.4 Å². The first-order chi connectivity index (χ1) is 17.5. The average molecular weight is 475 g/mol. The van der Waals surface area contributed by atoms with Crippen LogP contribution in [-0.2, 0) is 4.79 Å². The standard InChI is InChI=1S/C29H22N4O3/c1-18-7-11-20(12-8-18)26-23(15-30)29(36-27(26)21-13-9-19(2)10-14-21)33-25(34)16-35-28-22-5-3-4-6-24(22)31-17-32-28/h3-14,17H,16H2,1-2H3,(H,33,34). The van der Waals surface area contributed by atoms with E-state index in [2.05, 4.69) is 21.4 Å². The van der Waals surface area contributed by atoms with E-state index >= 15 is 0 Å². The summed E-state index contributed by atoms with van der Waals surface area (Å²) in [6, 6.07) is 25.2. The Bertz CT molecular complexity index is 1590. The van der Waals surface area contributed by atoms with Crippen LogP contribution >= 0.6 is 0 Å². The number of nitriles is 1. The van der Waals surface area contributed by atoms with Crippen LogP contribution in [0.15, 0.2) is 83.5 Å². The molecule has 0 saturated heterocycles. The summed E-state index contributed by atoms with van der Waals surface area (Å²) in [6.45, 7) is 3.68. The maximum atomic E-state index is 12.8. The lowest BCUT2D eigenvalue weighted by atomic mass is 9.97. The first-order valence-electron chi connectivity index (χ1n) is 11.4. The third kappa shape index (κ3) is 4.52. The second kappa shape index (κ2) is 9.72. The van der Waals surface area contributed by atoms with Crippen LogP contribution in [-0.4, -0.2) is 22.5 Å². The smallest absolute Gasteiger partial charge is 0.264 e. The van der Waals surface area contributed by atoms with Crippen LogP contribution < -0.4 is 10.1 Å². The van der Waals surface area contributed by atoms with Crippen molar-refractivity contribution in [1.82, 2.24) is 9.97 Å². The molecule has 7 heteroatoms. The SMILES string of the molecule is Cc1ccc(-c2oc(NC(=O)COc3ncnc4ccccc34)c(C#N)c2-c2ccc(C)cc2)cc1. The van der Waals surface area contributed by atoms with E-state index in [0.717, 1.165) is 22.3 Å². The number of nitrogens with one attached hydrogen (secondary N) is 1. The number of aromatic nitrogens is 2. The zero-order valence-corrected chi connectivity index (χ0v) is 19.8. The van der Waals surface area contributed by atoms with E-state index in [4.69, 9.17) is 9.15 Å². The average Bonchev–Trinajstić information content (AvgIpc) is 3.26. The predicted molar refractivity (Wildman–Crippen MR) is 137 cm³/mol. The van der Waals surface area contributed by atoms with Crippen molar-refractivity contribution in [2.75, 3.05) is 11.9 Å². The van der Waals surface area contributed by atoms with E-state index in [1.807, 2.05) is 86.6 Å². The maximum Gasteiger partial charge on any atom is 0.264 e. The van der Waals surface area contributed by atoms with E-state index in [9.17, 15) is 10.1 Å². The molecule has 0 fully saturated rings. The minimum absolute atomic E-state index is 0.0739. The Balaban J connectivity index is 1.47. The van der Waals surface area contributed by atoms with Crippen LogP contribution in [0.5, 0.6) is 5.88 Å². The summed E-state index contributed by atoms with van der Waals surface area (Å²) in [7, 11) is 0. The van der Waals surface area contributed by atoms with Crippen molar-refractivity contribution in [3.8, 4) is 34.4 Å². The van der Waals surface area contributed by atoms with Crippen LogP contribution in [0.4, 0.5) is 5.88 Å². The third-order valence-corrected chi connectivity index (χ3v) is 5.77. The second-order valence-electron chi connectivity index (χ2n) is 8.39. The highest BCUT2D eigenvalue weighted by atomic mass is 16.5. The Morgan fingerprint density at radius 1 is 0.944 bits per heavy atom. The summed E-state index contributed by atoms with van der Waals surface area (Å²) in [5, 5.41) is 13.5. The summed E-state index contributed by atoms with van der Waals surface area (Å²) < 4.78 is 11.8. The molecular formula is C29H22N4O3. The van der Waals surface area contributed by atoms with Gasteiger partial charge in [0.1, 0.15) is 23.7 Å². The number of fused-ring (bicyclic) bond motifs is 1. The number of aryl methyl sites for hydroxylation is 2. The van der Waals surface area contributed by atoms with Gasteiger partial charge in [-0.3, -0.25) is 10.1 Å². The van der Waals surface area contributed by atoms with Crippen molar-refractivity contribution in [2.45, 2.75) is 13.8 Å². The van der Waals surface area contributed by atoms with Gasteiger partial charge in [0.25, 0.3) is 5.91 Å². The molecule has 5 aromatic rings. The largest absolute Gasteiger partial charge is 0.467 e. The lowest BCUT2D eigenvalue weighted by molar-refractivity contribution is -0.118. The molecule has 0 unspecified atom stereocenters. The quantitative estimate of drug-likeness (QED) is 0.321. The van der Waals surface area contributed by atoms with E-state index < -0.39 is 5.91 Å². The highest BCUT2D eigenvalue weighted by Gasteiger charge is 2.24. The molecule has 1 N–H and O–H groups in total. The highest BCUT2D eigenvalue weighted by molar-refractivity contribution is 5.96. The van der Waals surface area contributed by atoms with Crippen molar-refractivity contribution in [2.24, 2.45) is 0 Å². The topological polar surface area (TPSA) is 101 Å². The number of amides is 1. The van der Waals surface area contributed by atoms with E-state index in [1.54, 1.807) is 0 Å². The van der Waals surface area contributed by atoms with Crippen LogP contribution in [0, 0.1) is 25.2 Å². The Morgan fingerprint density at radius 3 is 2.31 bits per heavy atom. The fourth-order valence-corrected chi connectivity index (χ4v) is 3.92. The Labute approximate surface area is 208 Å². The highest BCUT2D eigenvalue weighted by Crippen LogP contribution is 2.41. The number of rotatable bonds is 6. The molecular weight excluding hydrogens is 452 g/mol. The molecule has 176 valence electrons. The van der Waals surface area contributed by atoms with Gasteiger partial charge in [-0.05, 0) is 31.5 Å². The molecule has 0 aliphatic heterocycles. The van der Waals surface area contributed by atoms with Gasteiger partial charge in [0, 0.05) is 11.1 Å². The van der Waals surface area contributed by atoms with Crippen molar-refractivity contribution in [3.05, 3.63) is 95.8 Å². The van der Waals surface area contributed by atoms with Crippen LogP contribution in [0.2, 0.25) is 0 Å². The van der Waals surface area contributed by atoms with Crippen LogP contribution in [0.3, 0.4) is 0 Å². The van der Waals surface area contributed by atoms with E-state index in [-0.39, 0.29) is 18.1 Å². The minimum atomic E-state index is -0.478. The number of nitrogens with zero attached hydrogens (tertiary/aromatic N) is 3. The van der Waals surface area contributed by atoms with Gasteiger partial charge in [0.15, 0.2) is 6.61 Å². The molecule has 0 aliphatic carbocycles. The Hall–Kier alpha value is -4.96. The minimum Gasteiger partial charge on any atom is -0.467 e. The number of anilines is 1. The molecule has 36 heavy (non-hydrogen) atoms. The number of carbonyl (C=O) groups excluding carboxylic acids is 1. The molecule has 1 amide bonds. The number of benzene rings is 3. The normalized spacial score (nSPS) is 10.7. The molecule has 0 atom stereocenters. The first-order valence-corrected chi connectivity index (χ1v) is 11.4. The van der Waals surface area contributed by atoms with E-state index in [1.165, 1.54) is 6.33 Å². The van der Waals surface area contributed by atoms with Crippen molar-refractivity contribution in [1.29, 1.82) is 5.26 Å². The van der Waals surface area contributed by atoms with E-state index in [0.29, 0.717) is 28.1 Å². The maximum absolute atomic E-state index is 12.8. The number of carbonyl (C=O) groups is 1. The fraction of sp³-hybridized carbons (Fsp3) is 0.103. The molecule has 5 rings (SSSR count). The molecule has 0 spiro atoms. The Kier molecular flexibility index (Phi) is 6.16. The van der Waals surface area contributed by atoms with Gasteiger partial charge in [0.05, 0.1) is 10.9 Å². The Morgan fingerprint density at radius 2 is 1.61 bits per heavy atom. The molecule has 2 aromatic heterocycles. The van der Waals surface area contributed by atoms with Gasteiger partial charge >= 0.3 is 0 Å². The summed E-state index contributed by atoms with van der Waals surface area (Å²) in [5.41, 5.74) is 5.41. The van der Waals surface area contributed by atoms with Gasteiger partial charge in [-0.15, -0.1) is 0 Å². The summed E-state index contributed by atoms with van der Waals surface area (Å²) in [5.74, 6) is 0.406. The van der Waals surface area contributed by atoms with Gasteiger partial charge < -0.3 is 9.15 Å². The monoisotopic (exact) mass is 474 g/mol. The van der Waals surface area contributed by atoms with Crippen molar-refractivity contribution in [3.63, 3.8) is 0 Å². The van der Waals surface area contributed by atoms with Crippen LogP contribution in [0.1, 0.15) is 16.7 Å². The summed E-state index contributed by atoms with van der Waals surface area (Å²) in [4.78, 5) is 21.2. The molecule has 0 aliphatic rings. The molecule has 0 saturated carbocycles. The number of ether oxygens (including phenoxy) is 1. The molecule has 3 aromatic carbocycles. The lowest BCUT2D eigenvalue weighted by Crippen LogP contribution is -2.20. The zero-order valence-electron chi connectivity index (χ0n) is 19.8. The number of hydrogen-bond donors (Lipinski definition) is 1. The fourth-order valence-electron chi connectivity index (χ4n) is 3.92. The summed E-state index contributed by atoms with van der Waals surface area (Å²) >= 11 is 0. The van der Waals surface area contributed by atoms with Crippen molar-refractivity contribution < 1.29 is 13.9 Å². The van der Waals surface area contributed by atoms with Gasteiger partial charge in [-0.1, -0.05) is 71.8 Å². The molecule has 2 heterocycles. The van der Waals surface area contributed by atoms with Crippen molar-refractivity contribution >= 4 is 22.7 Å². The number of hydrogen-bond acceptors (Lipinski definition) is 6. The zero-order chi connectivity index (χ0) is 25.1. The lowest BCUT2D eigenvalue weighted by Gasteiger charge is -2.07. The first kappa shape index (κ1) is 22.8.